The largest absolute Gasteiger partial charge is 0.494 e. The van der Waals surface area contributed by atoms with Gasteiger partial charge in [0.25, 0.3) is 0 Å². The number of carboxylic acids is 1. The smallest absolute Gasteiger partial charge is 0.326 e. The Morgan fingerprint density at radius 3 is 2.48 bits per heavy atom. The van der Waals surface area contributed by atoms with E-state index in [-0.39, 0.29) is 5.91 Å². The normalized spacial score (nSPS) is 17.1. The number of carbonyl (C=O) groups is 2. The summed E-state index contributed by atoms with van der Waals surface area (Å²) in [5, 5.41) is 9.08. The van der Waals surface area contributed by atoms with Crippen molar-refractivity contribution in [3.05, 3.63) is 24.3 Å². The molecule has 6 heteroatoms. The molecule has 1 heterocycles. The predicted molar refractivity (Wildman–Crippen MR) is 84.7 cm³/mol. The summed E-state index contributed by atoms with van der Waals surface area (Å²) in [6.07, 6.45) is 2.17. The van der Waals surface area contributed by atoms with Gasteiger partial charge in [-0.1, -0.05) is 0 Å². The molecular formula is C17H23NO5. The Morgan fingerprint density at radius 1 is 1.22 bits per heavy atom. The summed E-state index contributed by atoms with van der Waals surface area (Å²) in [5.41, 5.74) is 0. The lowest BCUT2D eigenvalue weighted by Gasteiger charge is -2.21. The molecule has 1 atom stereocenters. The number of benzene rings is 1. The summed E-state index contributed by atoms with van der Waals surface area (Å²) in [7, 11) is 0. The molecule has 1 amide bonds. The molecule has 126 valence electrons. The predicted octanol–water partition coefficient (Wildman–Crippen LogP) is 2.32. The zero-order valence-corrected chi connectivity index (χ0v) is 13.4. The molecule has 2 rings (SSSR count). The molecule has 0 radical (unpaired) electrons. The van der Waals surface area contributed by atoms with Crippen LogP contribution in [0.5, 0.6) is 11.5 Å². The number of aliphatic carboxylic acids is 1. The standard InChI is InChI=1S/C17H23NO5/c1-2-22-13-7-9-14(10-8-13)23-12-4-6-16(19)18-11-3-5-15(18)17(20)21/h7-10,15H,2-6,11-12H2,1H3,(H,20,21)/t15-/m1/s1. The SMILES string of the molecule is CCOc1ccc(OCCCC(=O)N2CCC[C@@H]2C(=O)O)cc1. The molecule has 1 aliphatic heterocycles. The van der Waals surface area contributed by atoms with E-state index in [9.17, 15) is 9.59 Å². The molecule has 0 aromatic heterocycles. The number of carboxylic acid groups (broad SMARTS) is 1. The second-order valence-corrected chi connectivity index (χ2v) is 5.44. The van der Waals surface area contributed by atoms with E-state index in [1.807, 2.05) is 31.2 Å². The zero-order valence-electron chi connectivity index (χ0n) is 13.4. The molecule has 1 fully saturated rings. The third-order valence-electron chi connectivity index (χ3n) is 3.80. The van der Waals surface area contributed by atoms with Gasteiger partial charge in [0.05, 0.1) is 13.2 Å². The second-order valence-electron chi connectivity index (χ2n) is 5.44. The van der Waals surface area contributed by atoms with Gasteiger partial charge in [-0.15, -0.1) is 0 Å². The molecule has 0 aliphatic carbocycles. The van der Waals surface area contributed by atoms with Crippen LogP contribution in [0.1, 0.15) is 32.6 Å². The van der Waals surface area contributed by atoms with Gasteiger partial charge in [0, 0.05) is 13.0 Å². The van der Waals surface area contributed by atoms with Gasteiger partial charge in [-0.3, -0.25) is 4.79 Å². The molecule has 0 bridgehead atoms. The van der Waals surface area contributed by atoms with Crippen molar-refractivity contribution in [3.63, 3.8) is 0 Å². The van der Waals surface area contributed by atoms with E-state index in [1.165, 1.54) is 4.90 Å². The molecule has 0 unspecified atom stereocenters. The quantitative estimate of drug-likeness (QED) is 0.744. The molecule has 1 aliphatic rings. The fourth-order valence-corrected chi connectivity index (χ4v) is 2.68. The van der Waals surface area contributed by atoms with Crippen LogP contribution in [0.4, 0.5) is 0 Å². The highest BCUT2D eigenvalue weighted by Gasteiger charge is 2.33. The summed E-state index contributed by atoms with van der Waals surface area (Å²) in [4.78, 5) is 24.6. The molecule has 1 N–H and O–H groups in total. The van der Waals surface area contributed by atoms with Gasteiger partial charge >= 0.3 is 5.97 Å². The topological polar surface area (TPSA) is 76.1 Å². The highest BCUT2D eigenvalue weighted by molar-refractivity contribution is 5.84. The monoisotopic (exact) mass is 321 g/mol. The maximum absolute atomic E-state index is 12.1. The maximum Gasteiger partial charge on any atom is 0.326 e. The lowest BCUT2D eigenvalue weighted by Crippen LogP contribution is -2.40. The van der Waals surface area contributed by atoms with Crippen molar-refractivity contribution in [2.24, 2.45) is 0 Å². The third kappa shape index (κ3) is 4.87. The number of carbonyl (C=O) groups excluding carboxylic acids is 1. The van der Waals surface area contributed by atoms with Crippen LogP contribution in [0, 0.1) is 0 Å². The maximum atomic E-state index is 12.1. The summed E-state index contributed by atoms with van der Waals surface area (Å²) in [5.74, 6) is 0.501. The van der Waals surface area contributed by atoms with Crippen molar-refractivity contribution >= 4 is 11.9 Å². The molecule has 0 saturated carbocycles. The van der Waals surface area contributed by atoms with Crippen molar-refractivity contribution < 1.29 is 24.2 Å². The number of nitrogens with zero attached hydrogens (tertiary/aromatic N) is 1. The molecule has 1 saturated heterocycles. The van der Waals surface area contributed by atoms with E-state index in [0.717, 1.165) is 17.9 Å². The Kier molecular flexibility index (Phi) is 6.26. The van der Waals surface area contributed by atoms with Gasteiger partial charge in [-0.05, 0) is 50.5 Å². The van der Waals surface area contributed by atoms with Crippen LogP contribution >= 0.6 is 0 Å². The number of likely N-dealkylation sites (tertiary alicyclic amines) is 1. The van der Waals surface area contributed by atoms with Gasteiger partial charge in [-0.2, -0.15) is 0 Å². The van der Waals surface area contributed by atoms with E-state index >= 15 is 0 Å². The highest BCUT2D eigenvalue weighted by Crippen LogP contribution is 2.20. The van der Waals surface area contributed by atoms with Crippen LogP contribution < -0.4 is 9.47 Å². The van der Waals surface area contributed by atoms with Crippen LogP contribution in [-0.4, -0.2) is 47.7 Å². The van der Waals surface area contributed by atoms with E-state index < -0.39 is 12.0 Å². The lowest BCUT2D eigenvalue weighted by atomic mass is 10.2. The molecule has 1 aromatic rings. The second kappa shape index (κ2) is 8.41. The summed E-state index contributed by atoms with van der Waals surface area (Å²) >= 11 is 0. The van der Waals surface area contributed by atoms with Crippen molar-refractivity contribution in [1.82, 2.24) is 4.90 Å². The van der Waals surface area contributed by atoms with Gasteiger partial charge in [-0.25, -0.2) is 4.79 Å². The number of hydrogen-bond donors (Lipinski definition) is 1. The van der Waals surface area contributed by atoms with E-state index in [0.29, 0.717) is 39.0 Å². The number of hydrogen-bond acceptors (Lipinski definition) is 4. The van der Waals surface area contributed by atoms with Crippen LogP contribution in [0.25, 0.3) is 0 Å². The van der Waals surface area contributed by atoms with Crippen LogP contribution in [0.3, 0.4) is 0 Å². The Labute approximate surface area is 136 Å². The van der Waals surface area contributed by atoms with Crippen molar-refractivity contribution in [3.8, 4) is 11.5 Å². The zero-order chi connectivity index (χ0) is 16.7. The Hall–Kier alpha value is -2.24. The summed E-state index contributed by atoms with van der Waals surface area (Å²) in [6.45, 7) is 3.51. The van der Waals surface area contributed by atoms with E-state index in [4.69, 9.17) is 14.6 Å². The van der Waals surface area contributed by atoms with E-state index in [1.54, 1.807) is 0 Å². The summed E-state index contributed by atoms with van der Waals surface area (Å²) < 4.78 is 10.9. The minimum absolute atomic E-state index is 0.106. The van der Waals surface area contributed by atoms with Gasteiger partial charge in [0.2, 0.25) is 5.91 Å². The minimum atomic E-state index is -0.915. The van der Waals surface area contributed by atoms with Gasteiger partial charge in [0.15, 0.2) is 0 Å². The first-order valence-corrected chi connectivity index (χ1v) is 7.99. The molecular weight excluding hydrogens is 298 g/mol. The average Bonchev–Trinajstić information content (AvgIpc) is 3.03. The van der Waals surface area contributed by atoms with Crippen LogP contribution in [0.15, 0.2) is 24.3 Å². The fraction of sp³-hybridized carbons (Fsp3) is 0.529. The number of amides is 1. The molecule has 6 nitrogen and oxygen atoms in total. The third-order valence-corrected chi connectivity index (χ3v) is 3.80. The van der Waals surface area contributed by atoms with Crippen LogP contribution in [0.2, 0.25) is 0 Å². The first kappa shape index (κ1) is 17.1. The average molecular weight is 321 g/mol. The molecule has 0 spiro atoms. The Balaban J connectivity index is 1.70. The van der Waals surface area contributed by atoms with E-state index in [2.05, 4.69) is 0 Å². The first-order chi connectivity index (χ1) is 11.1. The van der Waals surface area contributed by atoms with Crippen molar-refractivity contribution in [2.45, 2.75) is 38.6 Å². The number of rotatable bonds is 8. The highest BCUT2D eigenvalue weighted by atomic mass is 16.5. The molecule has 1 aromatic carbocycles. The van der Waals surface area contributed by atoms with Crippen molar-refractivity contribution in [2.75, 3.05) is 19.8 Å². The fourth-order valence-electron chi connectivity index (χ4n) is 2.68. The Bertz CT molecular complexity index is 528. The first-order valence-electron chi connectivity index (χ1n) is 7.99. The van der Waals surface area contributed by atoms with Crippen LogP contribution in [-0.2, 0) is 9.59 Å². The number of ether oxygens (including phenoxy) is 2. The summed E-state index contributed by atoms with van der Waals surface area (Å²) in [6, 6.07) is 6.67. The van der Waals surface area contributed by atoms with Crippen molar-refractivity contribution in [1.29, 1.82) is 0 Å². The molecule has 23 heavy (non-hydrogen) atoms. The lowest BCUT2D eigenvalue weighted by molar-refractivity contribution is -0.148. The van der Waals surface area contributed by atoms with Gasteiger partial charge in [0.1, 0.15) is 17.5 Å². The van der Waals surface area contributed by atoms with Gasteiger partial charge < -0.3 is 19.5 Å². The minimum Gasteiger partial charge on any atom is -0.494 e. The Morgan fingerprint density at radius 2 is 1.87 bits per heavy atom.